The fourth-order valence-electron chi connectivity index (χ4n) is 2.02. The minimum Gasteiger partial charge on any atom is -0.497 e. The van der Waals surface area contributed by atoms with Gasteiger partial charge < -0.3 is 9.47 Å². The number of hydrogen-bond acceptors (Lipinski definition) is 4. The lowest BCUT2D eigenvalue weighted by Crippen LogP contribution is -2.59. The van der Waals surface area contributed by atoms with Gasteiger partial charge in [-0.05, 0) is 48.5 Å². The largest absolute Gasteiger partial charge is 0.497 e. The van der Waals surface area contributed by atoms with Gasteiger partial charge in [-0.3, -0.25) is 0 Å². The minimum atomic E-state index is -6.32. The van der Waals surface area contributed by atoms with E-state index in [9.17, 15) is 35.1 Å². The Hall–Kier alpha value is -2.92. The van der Waals surface area contributed by atoms with Crippen molar-refractivity contribution in [2.75, 3.05) is 13.7 Å². The molecule has 0 saturated heterocycles. The fourth-order valence-corrected chi connectivity index (χ4v) is 2.02. The number of hydrogen-bond donors (Lipinski definition) is 0. The maximum Gasteiger partial charge on any atom is 0.381 e. The SMILES string of the molecule is COc1ccc(/N=N/c2ccc(OCC(F)(F)C(F)(F)C(F)(F)C(F)F)cc2)cc1. The van der Waals surface area contributed by atoms with Gasteiger partial charge in [0.05, 0.1) is 18.5 Å². The van der Waals surface area contributed by atoms with Crippen molar-refractivity contribution in [3.63, 3.8) is 0 Å². The molecule has 0 aliphatic carbocycles. The van der Waals surface area contributed by atoms with E-state index in [1.807, 2.05) is 0 Å². The van der Waals surface area contributed by atoms with Crippen LogP contribution in [0.5, 0.6) is 11.5 Å². The van der Waals surface area contributed by atoms with Crippen LogP contribution in [0.2, 0.25) is 0 Å². The summed E-state index contributed by atoms with van der Waals surface area (Å²) in [6.45, 7) is -2.24. The van der Waals surface area contributed by atoms with E-state index in [0.29, 0.717) is 11.4 Å². The summed E-state index contributed by atoms with van der Waals surface area (Å²) in [6.07, 6.45) is -4.98. The van der Waals surface area contributed by atoms with E-state index in [0.717, 1.165) is 12.1 Å². The summed E-state index contributed by atoms with van der Waals surface area (Å²) in [7, 11) is 1.49. The highest BCUT2D eigenvalue weighted by Gasteiger charge is 2.75. The second kappa shape index (κ2) is 8.84. The van der Waals surface area contributed by atoms with Gasteiger partial charge in [0.2, 0.25) is 0 Å². The molecular weight excluding hydrogens is 428 g/mol. The molecule has 0 spiro atoms. The first-order valence-corrected chi connectivity index (χ1v) is 8.11. The Balaban J connectivity index is 2.02. The van der Waals surface area contributed by atoms with Gasteiger partial charge in [0, 0.05) is 0 Å². The summed E-state index contributed by atoms with van der Waals surface area (Å²) >= 11 is 0. The predicted octanol–water partition coefficient (Wildman–Crippen LogP) is 6.66. The molecule has 0 atom stereocenters. The second-order valence-electron chi connectivity index (χ2n) is 5.88. The van der Waals surface area contributed by atoms with Crippen molar-refractivity contribution < 1.29 is 44.6 Å². The van der Waals surface area contributed by atoms with Crippen molar-refractivity contribution in [2.24, 2.45) is 10.2 Å². The summed E-state index contributed by atoms with van der Waals surface area (Å²) in [5, 5.41) is 7.75. The molecule has 4 nitrogen and oxygen atoms in total. The molecule has 0 heterocycles. The Labute approximate surface area is 165 Å². The van der Waals surface area contributed by atoms with E-state index in [1.165, 1.54) is 19.2 Å². The number of rotatable bonds is 9. The van der Waals surface area contributed by atoms with E-state index in [-0.39, 0.29) is 5.69 Å². The number of halogens is 8. The highest BCUT2D eigenvalue weighted by atomic mass is 19.4. The van der Waals surface area contributed by atoms with Crippen LogP contribution in [0, 0.1) is 0 Å². The lowest BCUT2D eigenvalue weighted by Gasteiger charge is -2.31. The lowest BCUT2D eigenvalue weighted by molar-refractivity contribution is -0.342. The van der Waals surface area contributed by atoms with Crippen LogP contribution in [0.3, 0.4) is 0 Å². The smallest absolute Gasteiger partial charge is 0.381 e. The van der Waals surface area contributed by atoms with E-state index < -0.39 is 36.5 Å². The summed E-state index contributed by atoms with van der Waals surface area (Å²) in [5.41, 5.74) is 0.706. The predicted molar refractivity (Wildman–Crippen MR) is 90.0 cm³/mol. The molecule has 0 aliphatic heterocycles. The third-order valence-electron chi connectivity index (χ3n) is 3.76. The molecule has 0 N–H and O–H groups in total. The molecule has 2 rings (SSSR count). The van der Waals surface area contributed by atoms with Gasteiger partial charge in [-0.15, -0.1) is 0 Å². The van der Waals surface area contributed by atoms with E-state index in [1.54, 1.807) is 24.3 Å². The standard InChI is InChI=1S/C18H14F8N2O2/c1-29-13-6-2-11(3-7-13)27-28-12-4-8-14(9-5-12)30-10-16(21,22)18(25,26)17(23,24)15(19)20/h2-9,15H,10H2,1H3/b28-27+. The molecule has 0 aromatic heterocycles. The highest BCUT2D eigenvalue weighted by Crippen LogP contribution is 2.48. The van der Waals surface area contributed by atoms with Crippen LogP contribution in [-0.4, -0.2) is 37.9 Å². The molecular formula is C18H14F8N2O2. The van der Waals surface area contributed by atoms with Gasteiger partial charge in [0.15, 0.2) is 6.61 Å². The number of nitrogens with zero attached hydrogens (tertiary/aromatic N) is 2. The second-order valence-corrected chi connectivity index (χ2v) is 5.88. The van der Waals surface area contributed by atoms with Crippen molar-refractivity contribution in [2.45, 2.75) is 24.2 Å². The molecule has 0 fully saturated rings. The minimum absolute atomic E-state index is 0.236. The average Bonchev–Trinajstić information content (AvgIpc) is 2.71. The van der Waals surface area contributed by atoms with Crippen LogP contribution < -0.4 is 9.47 Å². The van der Waals surface area contributed by atoms with Gasteiger partial charge in [-0.1, -0.05) is 0 Å². The fraction of sp³-hybridized carbons (Fsp3) is 0.333. The Morgan fingerprint density at radius 2 is 1.20 bits per heavy atom. The van der Waals surface area contributed by atoms with Crippen LogP contribution >= 0.6 is 0 Å². The maximum atomic E-state index is 13.5. The van der Waals surface area contributed by atoms with Crippen LogP contribution in [0.1, 0.15) is 0 Å². The summed E-state index contributed by atoms with van der Waals surface area (Å²) in [6, 6.07) is 11.0. The van der Waals surface area contributed by atoms with Crippen molar-refractivity contribution in [3.8, 4) is 11.5 Å². The van der Waals surface area contributed by atoms with Gasteiger partial charge in [-0.2, -0.15) is 36.6 Å². The number of benzene rings is 2. The summed E-state index contributed by atoms with van der Waals surface area (Å²) in [4.78, 5) is 0. The summed E-state index contributed by atoms with van der Waals surface area (Å²) in [5.74, 6) is -17.9. The first-order chi connectivity index (χ1) is 13.9. The molecule has 2 aromatic rings. The Morgan fingerprint density at radius 1 is 0.767 bits per heavy atom. The third kappa shape index (κ3) is 4.97. The molecule has 2 aromatic carbocycles. The van der Waals surface area contributed by atoms with Gasteiger partial charge >= 0.3 is 24.2 Å². The zero-order valence-corrected chi connectivity index (χ0v) is 15.1. The Morgan fingerprint density at radius 3 is 1.60 bits per heavy atom. The normalized spacial score (nSPS) is 13.1. The van der Waals surface area contributed by atoms with Crippen LogP contribution in [0.15, 0.2) is 58.8 Å². The van der Waals surface area contributed by atoms with E-state index in [2.05, 4.69) is 15.0 Å². The van der Waals surface area contributed by atoms with Gasteiger partial charge in [-0.25, -0.2) is 8.78 Å². The maximum absolute atomic E-state index is 13.5. The number of azo groups is 1. The molecule has 0 saturated carbocycles. The molecule has 0 amide bonds. The topological polar surface area (TPSA) is 43.2 Å². The molecule has 0 bridgehead atoms. The Kier molecular flexibility index (Phi) is 6.88. The zero-order chi connectivity index (χ0) is 22.6. The molecule has 12 heteroatoms. The van der Waals surface area contributed by atoms with E-state index >= 15 is 0 Å². The van der Waals surface area contributed by atoms with Gasteiger partial charge in [0.1, 0.15) is 11.5 Å². The van der Waals surface area contributed by atoms with Gasteiger partial charge in [0.25, 0.3) is 0 Å². The molecule has 0 aliphatic rings. The van der Waals surface area contributed by atoms with Crippen LogP contribution in [-0.2, 0) is 0 Å². The van der Waals surface area contributed by atoms with Crippen LogP contribution in [0.4, 0.5) is 46.5 Å². The van der Waals surface area contributed by atoms with Crippen molar-refractivity contribution in [1.29, 1.82) is 0 Å². The number of alkyl halides is 8. The monoisotopic (exact) mass is 442 g/mol. The highest BCUT2D eigenvalue weighted by molar-refractivity contribution is 5.44. The summed E-state index contributed by atoms with van der Waals surface area (Å²) < 4.78 is 112. The molecule has 164 valence electrons. The number of ether oxygens (including phenoxy) is 2. The third-order valence-corrected chi connectivity index (χ3v) is 3.76. The van der Waals surface area contributed by atoms with E-state index in [4.69, 9.17) is 4.74 Å². The average molecular weight is 442 g/mol. The quantitative estimate of drug-likeness (QED) is 0.322. The van der Waals surface area contributed by atoms with Crippen molar-refractivity contribution in [1.82, 2.24) is 0 Å². The molecule has 30 heavy (non-hydrogen) atoms. The van der Waals surface area contributed by atoms with Crippen LogP contribution in [0.25, 0.3) is 0 Å². The Bertz CT molecular complexity index is 855. The van der Waals surface area contributed by atoms with Crippen molar-refractivity contribution >= 4 is 11.4 Å². The molecule has 0 unspecified atom stereocenters. The first-order valence-electron chi connectivity index (χ1n) is 8.11. The lowest BCUT2D eigenvalue weighted by atomic mass is 10.1. The molecule has 0 radical (unpaired) electrons. The first kappa shape index (κ1) is 23.4. The zero-order valence-electron chi connectivity index (χ0n) is 15.1. The number of methoxy groups -OCH3 is 1. The van der Waals surface area contributed by atoms with Crippen molar-refractivity contribution in [3.05, 3.63) is 48.5 Å².